The van der Waals surface area contributed by atoms with Gasteiger partial charge in [0.05, 0.1) is 18.1 Å². The third-order valence-corrected chi connectivity index (χ3v) is 3.61. The number of carbonyl (C=O) groups is 2. The van der Waals surface area contributed by atoms with Gasteiger partial charge in [0.25, 0.3) is 5.91 Å². The van der Waals surface area contributed by atoms with E-state index in [4.69, 9.17) is 0 Å². The summed E-state index contributed by atoms with van der Waals surface area (Å²) in [6, 6.07) is 9.67. The molecule has 0 bridgehead atoms. The number of ketones is 1. The number of nitrogens with zero attached hydrogens (tertiary/aromatic N) is 2. The van der Waals surface area contributed by atoms with Crippen LogP contribution in [0.2, 0.25) is 0 Å². The number of Topliss-reactive ketones (excluding diaryl/α,β-unsaturated/α-hetero) is 1. The molecule has 0 fully saturated rings. The van der Waals surface area contributed by atoms with Crippen molar-refractivity contribution in [2.24, 2.45) is 0 Å². The van der Waals surface area contributed by atoms with Crippen LogP contribution >= 0.6 is 0 Å². The first-order valence-corrected chi connectivity index (χ1v) is 7.89. The lowest BCUT2D eigenvalue weighted by molar-refractivity contribution is 0.101. The summed E-state index contributed by atoms with van der Waals surface area (Å²) in [4.78, 5) is 31.6. The summed E-state index contributed by atoms with van der Waals surface area (Å²) >= 11 is 0. The van der Waals surface area contributed by atoms with Crippen LogP contribution < -0.4 is 10.6 Å². The second-order valence-corrected chi connectivity index (χ2v) is 5.63. The van der Waals surface area contributed by atoms with Gasteiger partial charge in [-0.15, -0.1) is 0 Å². The molecule has 6 nitrogen and oxygen atoms in total. The predicted molar refractivity (Wildman–Crippen MR) is 96.1 cm³/mol. The van der Waals surface area contributed by atoms with Gasteiger partial charge in [-0.3, -0.25) is 9.59 Å². The zero-order valence-corrected chi connectivity index (χ0v) is 14.2. The summed E-state index contributed by atoms with van der Waals surface area (Å²) in [7, 11) is 0. The molecule has 0 unspecified atom stereocenters. The number of hydrogen-bond acceptors (Lipinski definition) is 5. The molecule has 0 saturated heterocycles. The van der Waals surface area contributed by atoms with Gasteiger partial charge in [0.15, 0.2) is 5.78 Å². The first kappa shape index (κ1) is 18.1. The van der Waals surface area contributed by atoms with Gasteiger partial charge in [-0.1, -0.05) is 12.1 Å². The van der Waals surface area contributed by atoms with E-state index in [1.54, 1.807) is 24.3 Å². The Bertz CT molecular complexity index is 1010. The fraction of sp³-hybridized carbons (Fsp3) is 0.0526. The van der Waals surface area contributed by atoms with Gasteiger partial charge in [-0.05, 0) is 31.2 Å². The molecule has 0 atom stereocenters. The summed E-state index contributed by atoms with van der Waals surface area (Å²) in [5.74, 6) is -2.02. The normalized spacial score (nSPS) is 10.3. The van der Waals surface area contributed by atoms with Gasteiger partial charge in [0.2, 0.25) is 0 Å². The van der Waals surface area contributed by atoms with Crippen LogP contribution in [0.25, 0.3) is 0 Å². The second-order valence-electron chi connectivity index (χ2n) is 5.63. The number of aromatic nitrogens is 2. The lowest BCUT2D eigenvalue weighted by Gasteiger charge is -2.08. The van der Waals surface area contributed by atoms with E-state index in [-0.39, 0.29) is 17.2 Å². The maximum Gasteiger partial charge on any atom is 0.275 e. The highest BCUT2D eigenvalue weighted by molar-refractivity contribution is 6.02. The lowest BCUT2D eigenvalue weighted by Crippen LogP contribution is -2.15. The van der Waals surface area contributed by atoms with E-state index in [0.29, 0.717) is 23.1 Å². The molecule has 2 aromatic carbocycles. The van der Waals surface area contributed by atoms with Gasteiger partial charge < -0.3 is 10.6 Å². The summed E-state index contributed by atoms with van der Waals surface area (Å²) in [5.41, 5.74) is 0.987. The van der Waals surface area contributed by atoms with E-state index >= 15 is 0 Å². The van der Waals surface area contributed by atoms with Crippen molar-refractivity contribution >= 4 is 28.9 Å². The molecule has 1 aromatic heterocycles. The Labute approximate surface area is 153 Å². The van der Waals surface area contributed by atoms with Crippen LogP contribution in [0.5, 0.6) is 0 Å². The molecular formula is C19H14F2N4O2. The fourth-order valence-electron chi connectivity index (χ4n) is 2.25. The molecule has 0 spiro atoms. The van der Waals surface area contributed by atoms with Crippen LogP contribution in [-0.2, 0) is 0 Å². The molecule has 27 heavy (non-hydrogen) atoms. The van der Waals surface area contributed by atoms with Crippen molar-refractivity contribution in [2.45, 2.75) is 6.92 Å². The van der Waals surface area contributed by atoms with Crippen molar-refractivity contribution in [2.75, 3.05) is 10.6 Å². The van der Waals surface area contributed by atoms with E-state index in [1.165, 1.54) is 19.3 Å². The molecule has 0 aliphatic carbocycles. The average Bonchev–Trinajstić information content (AvgIpc) is 2.65. The monoisotopic (exact) mass is 368 g/mol. The van der Waals surface area contributed by atoms with Crippen molar-refractivity contribution < 1.29 is 18.4 Å². The van der Waals surface area contributed by atoms with Gasteiger partial charge >= 0.3 is 0 Å². The molecule has 3 aromatic rings. The highest BCUT2D eigenvalue weighted by Crippen LogP contribution is 2.17. The zero-order valence-electron chi connectivity index (χ0n) is 14.2. The molecule has 8 heteroatoms. The van der Waals surface area contributed by atoms with Crippen LogP contribution in [0, 0.1) is 11.6 Å². The predicted octanol–water partition coefficient (Wildman–Crippen LogP) is 3.95. The van der Waals surface area contributed by atoms with Crippen molar-refractivity contribution in [1.82, 2.24) is 9.97 Å². The number of benzene rings is 2. The van der Waals surface area contributed by atoms with E-state index in [2.05, 4.69) is 20.6 Å². The van der Waals surface area contributed by atoms with Crippen molar-refractivity contribution in [3.05, 3.63) is 77.8 Å². The highest BCUT2D eigenvalue weighted by atomic mass is 19.1. The topological polar surface area (TPSA) is 84.0 Å². The maximum absolute atomic E-state index is 13.6. The molecule has 0 aliphatic rings. The zero-order chi connectivity index (χ0) is 19.4. The van der Waals surface area contributed by atoms with Crippen molar-refractivity contribution in [3.8, 4) is 0 Å². The minimum absolute atomic E-state index is 0.0400. The molecule has 3 rings (SSSR count). The van der Waals surface area contributed by atoms with Crippen molar-refractivity contribution in [1.29, 1.82) is 0 Å². The van der Waals surface area contributed by atoms with E-state index < -0.39 is 17.5 Å². The minimum Gasteiger partial charge on any atom is -0.339 e. The molecule has 0 saturated carbocycles. The standard InChI is InChI=1S/C19H14F2N4O2/c1-11(26)12-3-2-4-14(7-12)24-18-10-22-17(9-23-18)19(27)25-16-6-5-13(20)8-15(16)21/h2-10H,1H3,(H,23,24)(H,25,27). The number of amides is 1. The van der Waals surface area contributed by atoms with Crippen LogP contribution in [-0.4, -0.2) is 21.7 Å². The quantitative estimate of drug-likeness (QED) is 0.666. The third kappa shape index (κ3) is 4.49. The van der Waals surface area contributed by atoms with E-state index in [0.717, 1.165) is 12.1 Å². The van der Waals surface area contributed by atoms with Crippen LogP contribution in [0.3, 0.4) is 0 Å². The van der Waals surface area contributed by atoms with Crippen LogP contribution in [0.4, 0.5) is 26.0 Å². The largest absolute Gasteiger partial charge is 0.339 e. The summed E-state index contributed by atoms with van der Waals surface area (Å²) < 4.78 is 26.5. The first-order chi connectivity index (χ1) is 12.9. The molecule has 1 heterocycles. The molecule has 2 N–H and O–H groups in total. The SMILES string of the molecule is CC(=O)c1cccc(Nc2cnc(C(=O)Nc3ccc(F)cc3F)cn2)c1. The number of carbonyl (C=O) groups excluding carboxylic acids is 2. The molecule has 136 valence electrons. The Morgan fingerprint density at radius 3 is 2.48 bits per heavy atom. The van der Waals surface area contributed by atoms with Gasteiger partial charge in [0, 0.05) is 17.3 Å². The van der Waals surface area contributed by atoms with Gasteiger partial charge in [-0.25, -0.2) is 18.7 Å². The molecule has 0 radical (unpaired) electrons. The number of anilines is 3. The molecule has 0 aliphatic heterocycles. The van der Waals surface area contributed by atoms with E-state index in [1.807, 2.05) is 0 Å². The van der Waals surface area contributed by atoms with E-state index in [9.17, 15) is 18.4 Å². The lowest BCUT2D eigenvalue weighted by atomic mass is 10.1. The Morgan fingerprint density at radius 1 is 1.00 bits per heavy atom. The first-order valence-electron chi connectivity index (χ1n) is 7.89. The summed E-state index contributed by atoms with van der Waals surface area (Å²) in [5, 5.41) is 5.27. The third-order valence-electron chi connectivity index (χ3n) is 3.61. The van der Waals surface area contributed by atoms with Crippen LogP contribution in [0.1, 0.15) is 27.8 Å². The Hall–Kier alpha value is -3.68. The molecule has 1 amide bonds. The number of nitrogens with one attached hydrogen (secondary N) is 2. The number of rotatable bonds is 5. The van der Waals surface area contributed by atoms with Crippen LogP contribution in [0.15, 0.2) is 54.9 Å². The Morgan fingerprint density at radius 2 is 1.81 bits per heavy atom. The van der Waals surface area contributed by atoms with Crippen molar-refractivity contribution in [3.63, 3.8) is 0 Å². The van der Waals surface area contributed by atoms with Gasteiger partial charge in [0.1, 0.15) is 23.1 Å². The number of hydrogen-bond donors (Lipinski definition) is 2. The number of halogens is 2. The summed E-state index contributed by atoms with van der Waals surface area (Å²) in [6.45, 7) is 1.47. The Balaban J connectivity index is 1.70. The average molecular weight is 368 g/mol. The summed E-state index contributed by atoms with van der Waals surface area (Å²) in [6.07, 6.45) is 2.55. The Kier molecular flexibility index (Phi) is 5.16. The molecular weight excluding hydrogens is 354 g/mol. The minimum atomic E-state index is -0.889. The smallest absolute Gasteiger partial charge is 0.275 e. The second kappa shape index (κ2) is 7.69. The maximum atomic E-state index is 13.6. The highest BCUT2D eigenvalue weighted by Gasteiger charge is 2.12. The fourth-order valence-corrected chi connectivity index (χ4v) is 2.25. The van der Waals surface area contributed by atoms with Gasteiger partial charge in [-0.2, -0.15) is 0 Å².